The van der Waals surface area contributed by atoms with E-state index in [1.54, 1.807) is 76.2 Å². The highest BCUT2D eigenvalue weighted by Crippen LogP contribution is 2.42. The van der Waals surface area contributed by atoms with Crippen LogP contribution in [0.25, 0.3) is 0 Å². The largest absolute Gasteiger partial charge is 0.466 e. The molecule has 0 saturated heterocycles. The highest BCUT2D eigenvalue weighted by atomic mass is 16.6. The van der Waals surface area contributed by atoms with E-state index in [1.807, 2.05) is 12.1 Å². The lowest BCUT2D eigenvalue weighted by atomic mass is 9.66. The van der Waals surface area contributed by atoms with Crippen LogP contribution in [0.2, 0.25) is 0 Å². The van der Waals surface area contributed by atoms with Crippen molar-refractivity contribution in [3.8, 4) is 0 Å². The predicted octanol–water partition coefficient (Wildman–Crippen LogP) is 4.25. The number of rotatable bonds is 13. The summed E-state index contributed by atoms with van der Waals surface area (Å²) in [5, 5.41) is 0. The summed E-state index contributed by atoms with van der Waals surface area (Å²) in [4.78, 5) is 53.1. The van der Waals surface area contributed by atoms with Crippen LogP contribution in [0.5, 0.6) is 0 Å². The van der Waals surface area contributed by atoms with Crippen LogP contribution in [-0.2, 0) is 51.3 Å². The molecule has 0 aliphatic carbocycles. The molecule has 0 aliphatic heterocycles. The van der Waals surface area contributed by atoms with Gasteiger partial charge in [0, 0.05) is 0 Å². The summed E-state index contributed by atoms with van der Waals surface area (Å²) >= 11 is 0. The van der Waals surface area contributed by atoms with E-state index in [2.05, 4.69) is 0 Å². The lowest BCUT2D eigenvalue weighted by molar-refractivity contribution is -0.191. The van der Waals surface area contributed by atoms with E-state index in [0.29, 0.717) is 11.1 Å². The van der Waals surface area contributed by atoms with E-state index < -0.39 is 47.5 Å². The molecule has 0 aromatic heterocycles. The second-order valence-electron chi connectivity index (χ2n) is 8.46. The Bertz CT molecular complexity index is 945. The van der Waals surface area contributed by atoms with Crippen LogP contribution in [-0.4, -0.2) is 37.1 Å². The van der Waals surface area contributed by atoms with Crippen molar-refractivity contribution in [3.05, 3.63) is 71.8 Å². The minimum Gasteiger partial charge on any atom is -0.466 e. The van der Waals surface area contributed by atoms with Gasteiger partial charge in [0.1, 0.15) is 13.2 Å². The fourth-order valence-electron chi connectivity index (χ4n) is 3.99. The second-order valence-corrected chi connectivity index (χ2v) is 8.46. The summed E-state index contributed by atoms with van der Waals surface area (Å²) < 4.78 is 21.4. The van der Waals surface area contributed by atoms with Gasteiger partial charge in [-0.25, -0.2) is 0 Å². The maximum absolute atomic E-state index is 13.7. The maximum Gasteiger partial charge on any atom is 0.325 e. The topological polar surface area (TPSA) is 105 Å². The van der Waals surface area contributed by atoms with Gasteiger partial charge < -0.3 is 18.9 Å². The molecule has 0 fully saturated rings. The van der Waals surface area contributed by atoms with E-state index in [4.69, 9.17) is 18.9 Å². The summed E-state index contributed by atoms with van der Waals surface area (Å²) in [5.41, 5.74) is -0.763. The molecule has 0 saturated carbocycles. The first kappa shape index (κ1) is 28.6. The Morgan fingerprint density at radius 1 is 0.694 bits per heavy atom. The summed E-state index contributed by atoms with van der Waals surface area (Å²) in [7, 11) is 0. The molecule has 0 amide bonds. The standard InChI is InChI=1S/C28H34O8/c1-5-33-24(29)17-23(25(30)34-6-2)28(20(3)4,26(31)35-18-21-13-9-7-10-14-21)27(32)36-19-22-15-11-8-12-16-22/h7-16,20,23H,5-6,17-19H2,1-4H3/t23-/m0/s1. The van der Waals surface area contributed by atoms with E-state index in [0.717, 1.165) is 0 Å². The molecule has 194 valence electrons. The molecule has 0 aliphatic rings. The zero-order valence-electron chi connectivity index (χ0n) is 21.2. The van der Waals surface area contributed by atoms with Crippen molar-refractivity contribution in [2.24, 2.45) is 17.3 Å². The monoisotopic (exact) mass is 498 g/mol. The first-order valence-corrected chi connectivity index (χ1v) is 12.0. The molecule has 0 radical (unpaired) electrons. The van der Waals surface area contributed by atoms with Gasteiger partial charge in [0.2, 0.25) is 0 Å². The molecule has 0 heterocycles. The number of benzene rings is 2. The normalized spacial score (nSPS) is 11.9. The zero-order valence-corrected chi connectivity index (χ0v) is 21.2. The van der Waals surface area contributed by atoms with Crippen LogP contribution in [0.15, 0.2) is 60.7 Å². The summed E-state index contributed by atoms with van der Waals surface area (Å²) in [6, 6.07) is 17.8. The van der Waals surface area contributed by atoms with Crippen molar-refractivity contribution < 1.29 is 38.1 Å². The summed E-state index contributed by atoms with van der Waals surface area (Å²) in [6.45, 7) is 6.22. The SMILES string of the molecule is CCOC(=O)C[C@@H](C(=O)OCC)C(C(=O)OCc1ccccc1)(C(=O)OCc1ccccc1)C(C)C. The number of esters is 4. The van der Waals surface area contributed by atoms with E-state index in [9.17, 15) is 19.2 Å². The number of carbonyl (C=O) groups is 4. The first-order chi connectivity index (χ1) is 17.3. The Hall–Kier alpha value is -3.68. The van der Waals surface area contributed by atoms with Gasteiger partial charge in [0.25, 0.3) is 0 Å². The molecule has 8 heteroatoms. The van der Waals surface area contributed by atoms with E-state index >= 15 is 0 Å². The van der Waals surface area contributed by atoms with Crippen LogP contribution < -0.4 is 0 Å². The third kappa shape index (κ3) is 7.16. The average Bonchev–Trinajstić information content (AvgIpc) is 2.87. The number of ether oxygens (including phenoxy) is 4. The fourth-order valence-corrected chi connectivity index (χ4v) is 3.99. The average molecular weight is 499 g/mol. The molecular formula is C28H34O8. The summed E-state index contributed by atoms with van der Waals surface area (Å²) in [5.74, 6) is -5.86. The quantitative estimate of drug-likeness (QED) is 0.229. The summed E-state index contributed by atoms with van der Waals surface area (Å²) in [6.07, 6.45) is -0.550. The van der Waals surface area contributed by atoms with Gasteiger partial charge in [-0.2, -0.15) is 0 Å². The van der Waals surface area contributed by atoms with Gasteiger partial charge in [-0.1, -0.05) is 74.5 Å². The van der Waals surface area contributed by atoms with Crippen LogP contribution in [0, 0.1) is 17.3 Å². The van der Waals surface area contributed by atoms with Crippen LogP contribution in [0.4, 0.5) is 0 Å². The molecule has 0 spiro atoms. The Morgan fingerprint density at radius 3 is 1.53 bits per heavy atom. The van der Waals surface area contributed by atoms with Crippen molar-refractivity contribution >= 4 is 23.9 Å². The maximum atomic E-state index is 13.7. The lowest BCUT2D eigenvalue weighted by Gasteiger charge is -2.37. The molecule has 36 heavy (non-hydrogen) atoms. The van der Waals surface area contributed by atoms with Crippen LogP contribution >= 0.6 is 0 Å². The lowest BCUT2D eigenvalue weighted by Crippen LogP contribution is -2.55. The molecule has 2 rings (SSSR count). The fraction of sp³-hybridized carbons (Fsp3) is 0.429. The third-order valence-electron chi connectivity index (χ3n) is 5.81. The molecule has 2 aromatic carbocycles. The van der Waals surface area contributed by atoms with Gasteiger partial charge in [-0.15, -0.1) is 0 Å². The second kappa shape index (κ2) is 14.0. The Kier molecular flexibility index (Phi) is 11.1. The Labute approximate surface area is 211 Å². The number of hydrogen-bond donors (Lipinski definition) is 0. The zero-order chi connectivity index (χ0) is 26.6. The first-order valence-electron chi connectivity index (χ1n) is 12.0. The van der Waals surface area contributed by atoms with E-state index in [1.165, 1.54) is 0 Å². The van der Waals surface area contributed by atoms with Crippen molar-refractivity contribution in [2.45, 2.75) is 47.3 Å². The van der Waals surface area contributed by atoms with Gasteiger partial charge >= 0.3 is 23.9 Å². The number of hydrogen-bond acceptors (Lipinski definition) is 8. The molecule has 8 nitrogen and oxygen atoms in total. The molecule has 0 bridgehead atoms. The molecular weight excluding hydrogens is 464 g/mol. The van der Waals surface area contributed by atoms with E-state index in [-0.39, 0.29) is 26.4 Å². The van der Waals surface area contributed by atoms with Gasteiger partial charge in [-0.05, 0) is 30.9 Å². The highest BCUT2D eigenvalue weighted by molar-refractivity contribution is 6.05. The highest BCUT2D eigenvalue weighted by Gasteiger charge is 2.61. The van der Waals surface area contributed by atoms with Gasteiger partial charge in [0.05, 0.1) is 25.6 Å². The Morgan fingerprint density at radius 2 is 1.14 bits per heavy atom. The van der Waals surface area contributed by atoms with Crippen molar-refractivity contribution in [1.82, 2.24) is 0 Å². The van der Waals surface area contributed by atoms with Crippen LogP contribution in [0.1, 0.15) is 45.2 Å². The molecule has 2 aromatic rings. The molecule has 0 N–H and O–H groups in total. The smallest absolute Gasteiger partial charge is 0.325 e. The molecule has 1 atom stereocenters. The minimum absolute atomic E-state index is 0.00946. The number of carbonyl (C=O) groups excluding carboxylic acids is 4. The predicted molar refractivity (Wildman–Crippen MR) is 131 cm³/mol. The van der Waals surface area contributed by atoms with Gasteiger partial charge in [0.15, 0.2) is 5.41 Å². The van der Waals surface area contributed by atoms with Crippen molar-refractivity contribution in [3.63, 3.8) is 0 Å². The third-order valence-corrected chi connectivity index (χ3v) is 5.81. The van der Waals surface area contributed by atoms with Gasteiger partial charge in [-0.3, -0.25) is 19.2 Å². The van der Waals surface area contributed by atoms with Crippen molar-refractivity contribution in [1.29, 1.82) is 0 Å². The molecule has 0 unspecified atom stereocenters. The minimum atomic E-state index is -2.15. The van der Waals surface area contributed by atoms with Crippen molar-refractivity contribution in [2.75, 3.05) is 13.2 Å². The Balaban J connectivity index is 2.51. The van der Waals surface area contributed by atoms with Crippen LogP contribution in [0.3, 0.4) is 0 Å².